The molecule has 0 heterocycles. The lowest BCUT2D eigenvalue weighted by molar-refractivity contribution is -0.128. The number of nitriles is 1. The summed E-state index contributed by atoms with van der Waals surface area (Å²) in [5.74, 6) is -1.05. The van der Waals surface area contributed by atoms with E-state index in [9.17, 15) is 9.59 Å². The Labute approximate surface area is 146 Å². The number of hydrogen-bond donors (Lipinski definition) is 2. The summed E-state index contributed by atoms with van der Waals surface area (Å²) in [5, 5.41) is 16.9. The van der Waals surface area contributed by atoms with Gasteiger partial charge in [0.05, 0.1) is 0 Å². The summed E-state index contributed by atoms with van der Waals surface area (Å²) in [5.41, 5.74) is 3.32. The van der Waals surface area contributed by atoms with Gasteiger partial charge in [-0.3, -0.25) is 14.9 Å². The van der Waals surface area contributed by atoms with E-state index in [1.807, 2.05) is 31.2 Å². The van der Waals surface area contributed by atoms with Gasteiger partial charge in [-0.25, -0.2) is 0 Å². The van der Waals surface area contributed by atoms with E-state index in [4.69, 9.17) is 5.26 Å². The van der Waals surface area contributed by atoms with E-state index in [-0.39, 0.29) is 17.9 Å². The lowest BCUT2D eigenvalue weighted by atomic mass is 10.0. The second-order valence-corrected chi connectivity index (χ2v) is 6.09. The lowest BCUT2D eigenvalue weighted by Crippen LogP contribution is -2.31. The molecule has 0 spiro atoms. The Morgan fingerprint density at radius 2 is 2.04 bits per heavy atom. The Hall–Kier alpha value is -3.13. The quantitative estimate of drug-likeness (QED) is 0.650. The van der Waals surface area contributed by atoms with Gasteiger partial charge in [-0.05, 0) is 53.3 Å². The van der Waals surface area contributed by atoms with Crippen LogP contribution in [-0.4, -0.2) is 11.8 Å². The number of hydrogen-bond acceptors (Lipinski definition) is 4. The lowest BCUT2D eigenvalue weighted by Gasteiger charge is -2.08. The molecule has 0 atom stereocenters. The summed E-state index contributed by atoms with van der Waals surface area (Å²) in [6.45, 7) is 1.85. The van der Waals surface area contributed by atoms with E-state index in [1.54, 1.807) is 0 Å². The van der Waals surface area contributed by atoms with Crippen molar-refractivity contribution in [2.24, 2.45) is 0 Å². The van der Waals surface area contributed by atoms with E-state index in [2.05, 4.69) is 22.8 Å². The number of benzene rings is 2. The smallest absolute Gasteiger partial charge is 0.269 e. The second kappa shape index (κ2) is 7.18. The standard InChI is InChI=1S/C20H19N3O2/c1-2-4-18(24)23-20(25)16(11-21)12-22-17-9-14-6-3-5-13-7-8-15(10-17)19(13)14/h3,5-6,9-10,12,22H,2,4,7-8H2,1H3,(H,23,24,25)/b16-12+. The first-order chi connectivity index (χ1) is 12.1. The van der Waals surface area contributed by atoms with Crippen molar-refractivity contribution in [2.75, 3.05) is 5.32 Å². The number of carbonyl (C=O) groups is 2. The third-order valence-corrected chi connectivity index (χ3v) is 4.29. The van der Waals surface area contributed by atoms with E-state index < -0.39 is 5.91 Å². The number of anilines is 1. The molecule has 0 aromatic heterocycles. The minimum Gasteiger partial charge on any atom is -0.360 e. The maximum absolute atomic E-state index is 12.0. The fourth-order valence-electron chi connectivity index (χ4n) is 3.15. The molecule has 5 nitrogen and oxygen atoms in total. The fourth-order valence-corrected chi connectivity index (χ4v) is 3.15. The van der Waals surface area contributed by atoms with Crippen LogP contribution in [0.1, 0.15) is 30.9 Å². The molecular weight excluding hydrogens is 314 g/mol. The summed E-state index contributed by atoms with van der Waals surface area (Å²) in [7, 11) is 0. The van der Waals surface area contributed by atoms with Crippen LogP contribution in [0.4, 0.5) is 5.69 Å². The number of nitrogens with zero attached hydrogens (tertiary/aromatic N) is 1. The molecular formula is C20H19N3O2. The van der Waals surface area contributed by atoms with Gasteiger partial charge in [0.2, 0.25) is 5.91 Å². The first-order valence-corrected chi connectivity index (χ1v) is 8.38. The number of carbonyl (C=O) groups excluding carboxylic acids is 2. The molecule has 25 heavy (non-hydrogen) atoms. The van der Waals surface area contributed by atoms with Gasteiger partial charge >= 0.3 is 0 Å². The van der Waals surface area contributed by atoms with Gasteiger partial charge in [-0.2, -0.15) is 5.26 Å². The summed E-state index contributed by atoms with van der Waals surface area (Å²) < 4.78 is 0. The van der Waals surface area contributed by atoms with Crippen LogP contribution in [-0.2, 0) is 22.4 Å². The Kier molecular flexibility index (Phi) is 4.80. The van der Waals surface area contributed by atoms with Crippen molar-refractivity contribution >= 4 is 28.3 Å². The summed E-state index contributed by atoms with van der Waals surface area (Å²) in [6, 6.07) is 12.1. The van der Waals surface area contributed by atoms with Crippen LogP contribution in [0, 0.1) is 11.3 Å². The maximum Gasteiger partial charge on any atom is 0.269 e. The minimum atomic E-state index is -0.680. The topological polar surface area (TPSA) is 82.0 Å². The van der Waals surface area contributed by atoms with Crippen LogP contribution < -0.4 is 10.6 Å². The van der Waals surface area contributed by atoms with Crippen LogP contribution >= 0.6 is 0 Å². The van der Waals surface area contributed by atoms with E-state index in [1.165, 1.54) is 22.7 Å². The Morgan fingerprint density at radius 3 is 2.80 bits per heavy atom. The third-order valence-electron chi connectivity index (χ3n) is 4.29. The Balaban J connectivity index is 1.79. The third kappa shape index (κ3) is 3.53. The molecule has 3 rings (SSSR count). The van der Waals surface area contributed by atoms with Gasteiger partial charge in [0.25, 0.3) is 5.91 Å². The highest BCUT2D eigenvalue weighted by Crippen LogP contribution is 2.33. The van der Waals surface area contributed by atoms with Gasteiger partial charge in [0.15, 0.2) is 0 Å². The van der Waals surface area contributed by atoms with Crippen molar-refractivity contribution in [3.63, 3.8) is 0 Å². The van der Waals surface area contributed by atoms with Crippen molar-refractivity contribution in [2.45, 2.75) is 32.6 Å². The zero-order valence-electron chi connectivity index (χ0n) is 14.1. The van der Waals surface area contributed by atoms with Crippen molar-refractivity contribution in [1.82, 2.24) is 5.32 Å². The van der Waals surface area contributed by atoms with Crippen molar-refractivity contribution < 1.29 is 9.59 Å². The van der Waals surface area contributed by atoms with Crippen LogP contribution in [0.2, 0.25) is 0 Å². The molecule has 5 heteroatoms. The summed E-state index contributed by atoms with van der Waals surface area (Å²) in [4.78, 5) is 23.5. The predicted octanol–water partition coefficient (Wildman–Crippen LogP) is 3.20. The molecule has 2 aromatic rings. The first kappa shape index (κ1) is 16.7. The molecule has 2 amide bonds. The van der Waals surface area contributed by atoms with Crippen LogP contribution in [0.3, 0.4) is 0 Å². The number of aryl methyl sites for hydroxylation is 2. The van der Waals surface area contributed by atoms with Gasteiger partial charge in [0, 0.05) is 18.3 Å². The molecule has 0 saturated heterocycles. The minimum absolute atomic E-state index is 0.130. The van der Waals surface area contributed by atoms with Crippen molar-refractivity contribution in [1.29, 1.82) is 5.26 Å². The van der Waals surface area contributed by atoms with Gasteiger partial charge in [-0.15, -0.1) is 0 Å². The molecule has 0 radical (unpaired) electrons. The molecule has 0 aliphatic heterocycles. The number of amides is 2. The molecule has 0 bridgehead atoms. The monoisotopic (exact) mass is 333 g/mol. The summed E-state index contributed by atoms with van der Waals surface area (Å²) in [6.07, 6.45) is 4.28. The molecule has 0 fully saturated rings. The highest BCUT2D eigenvalue weighted by atomic mass is 16.2. The first-order valence-electron chi connectivity index (χ1n) is 8.38. The SMILES string of the molecule is CCCC(=O)NC(=O)/C(C#N)=C/Nc1cc2c3c(cccc3c1)CC2. The molecule has 1 aliphatic rings. The number of nitrogens with one attached hydrogen (secondary N) is 2. The average Bonchev–Trinajstić information content (AvgIpc) is 3.00. The van der Waals surface area contributed by atoms with Crippen LogP contribution in [0.15, 0.2) is 42.1 Å². The van der Waals surface area contributed by atoms with Gasteiger partial charge < -0.3 is 5.32 Å². The molecule has 0 unspecified atom stereocenters. The number of imide groups is 1. The predicted molar refractivity (Wildman–Crippen MR) is 96.7 cm³/mol. The zero-order valence-corrected chi connectivity index (χ0v) is 14.1. The summed E-state index contributed by atoms with van der Waals surface area (Å²) >= 11 is 0. The Morgan fingerprint density at radius 1 is 1.24 bits per heavy atom. The highest BCUT2D eigenvalue weighted by Gasteiger charge is 2.15. The van der Waals surface area contributed by atoms with E-state index in [0.717, 1.165) is 23.9 Å². The van der Waals surface area contributed by atoms with Gasteiger partial charge in [0.1, 0.15) is 11.6 Å². The molecule has 2 N–H and O–H groups in total. The van der Waals surface area contributed by atoms with E-state index in [0.29, 0.717) is 6.42 Å². The second-order valence-electron chi connectivity index (χ2n) is 6.09. The molecule has 0 saturated carbocycles. The van der Waals surface area contributed by atoms with Crippen molar-refractivity contribution in [3.8, 4) is 6.07 Å². The molecule has 1 aliphatic carbocycles. The fraction of sp³-hybridized carbons (Fsp3) is 0.250. The van der Waals surface area contributed by atoms with Crippen molar-refractivity contribution in [3.05, 3.63) is 53.2 Å². The van der Waals surface area contributed by atoms with E-state index >= 15 is 0 Å². The largest absolute Gasteiger partial charge is 0.360 e. The highest BCUT2D eigenvalue weighted by molar-refractivity contribution is 6.06. The average molecular weight is 333 g/mol. The Bertz CT molecular complexity index is 922. The maximum atomic E-state index is 12.0. The van der Waals surface area contributed by atoms with Crippen LogP contribution in [0.25, 0.3) is 10.8 Å². The normalized spacial score (nSPS) is 12.7. The molecule has 126 valence electrons. The van der Waals surface area contributed by atoms with Gasteiger partial charge in [-0.1, -0.05) is 25.1 Å². The molecule has 2 aromatic carbocycles. The number of rotatable bonds is 5. The zero-order chi connectivity index (χ0) is 17.8. The van der Waals surface area contributed by atoms with Crippen LogP contribution in [0.5, 0.6) is 0 Å².